The maximum absolute atomic E-state index is 12.3. The summed E-state index contributed by atoms with van der Waals surface area (Å²) in [6.45, 7) is 3.42. The van der Waals surface area contributed by atoms with Crippen molar-refractivity contribution in [1.82, 2.24) is 5.32 Å². The molecule has 114 valence electrons. The van der Waals surface area contributed by atoms with Gasteiger partial charge in [-0.25, -0.2) is 0 Å². The van der Waals surface area contributed by atoms with Crippen molar-refractivity contribution in [3.05, 3.63) is 29.8 Å². The van der Waals surface area contributed by atoms with E-state index in [0.717, 1.165) is 0 Å². The van der Waals surface area contributed by atoms with Crippen LogP contribution in [0.15, 0.2) is 24.3 Å². The number of ketones is 1. The monoisotopic (exact) mass is 292 g/mol. The van der Waals surface area contributed by atoms with Gasteiger partial charge in [0.25, 0.3) is 0 Å². The number of amides is 1. The van der Waals surface area contributed by atoms with Crippen molar-refractivity contribution in [3.8, 4) is 0 Å². The maximum Gasteiger partial charge on any atom is 0.307 e. The fourth-order valence-electron chi connectivity index (χ4n) is 1.83. The highest BCUT2D eigenvalue weighted by Crippen LogP contribution is 2.12. The first-order valence-electron chi connectivity index (χ1n) is 6.72. The van der Waals surface area contributed by atoms with Crippen molar-refractivity contribution in [1.29, 1.82) is 0 Å². The zero-order valence-corrected chi connectivity index (χ0v) is 12.4. The van der Waals surface area contributed by atoms with Gasteiger partial charge in [-0.1, -0.05) is 0 Å². The number of esters is 1. The third-order valence-corrected chi connectivity index (χ3v) is 2.83. The van der Waals surface area contributed by atoms with E-state index in [1.165, 1.54) is 6.92 Å². The van der Waals surface area contributed by atoms with Crippen molar-refractivity contribution < 1.29 is 19.1 Å². The smallest absolute Gasteiger partial charge is 0.307 e. The molecule has 0 radical (unpaired) electrons. The molecule has 0 aromatic heterocycles. The number of carbonyl (C=O) groups is 3. The summed E-state index contributed by atoms with van der Waals surface area (Å²) in [7, 11) is 1.62. The van der Waals surface area contributed by atoms with Crippen LogP contribution in [0.25, 0.3) is 0 Å². The Balaban J connectivity index is 2.75. The lowest BCUT2D eigenvalue weighted by molar-refractivity contribution is -0.143. The van der Waals surface area contributed by atoms with Gasteiger partial charge < -0.3 is 15.4 Å². The van der Waals surface area contributed by atoms with E-state index < -0.39 is 12.0 Å². The van der Waals surface area contributed by atoms with E-state index in [-0.39, 0.29) is 24.7 Å². The molecule has 1 amide bonds. The summed E-state index contributed by atoms with van der Waals surface area (Å²) in [5.41, 5.74) is 1.08. The highest BCUT2D eigenvalue weighted by Gasteiger charge is 2.22. The maximum atomic E-state index is 12.3. The van der Waals surface area contributed by atoms with Gasteiger partial charge in [0, 0.05) is 18.2 Å². The largest absolute Gasteiger partial charge is 0.466 e. The molecule has 0 spiro atoms. The SMILES string of the molecule is CCOC(=O)CC(NC)C(=O)c1ccc(NC(C)=O)cc1. The lowest BCUT2D eigenvalue weighted by atomic mass is 10.0. The Morgan fingerprint density at radius 3 is 2.29 bits per heavy atom. The van der Waals surface area contributed by atoms with Crippen molar-refractivity contribution in [3.63, 3.8) is 0 Å². The summed E-state index contributed by atoms with van der Waals surface area (Å²) >= 11 is 0. The van der Waals surface area contributed by atoms with Crippen LogP contribution in [0.5, 0.6) is 0 Å². The van der Waals surface area contributed by atoms with E-state index in [2.05, 4.69) is 10.6 Å². The predicted molar refractivity (Wildman–Crippen MR) is 79.2 cm³/mol. The van der Waals surface area contributed by atoms with Gasteiger partial charge in [-0.15, -0.1) is 0 Å². The van der Waals surface area contributed by atoms with Crippen LogP contribution in [0.3, 0.4) is 0 Å². The number of rotatable bonds is 7. The van der Waals surface area contributed by atoms with Crippen LogP contribution in [-0.4, -0.2) is 37.4 Å². The lowest BCUT2D eigenvalue weighted by Gasteiger charge is -2.14. The Bertz CT molecular complexity index is 511. The number of hydrogen-bond acceptors (Lipinski definition) is 5. The van der Waals surface area contributed by atoms with Crippen LogP contribution >= 0.6 is 0 Å². The third kappa shape index (κ3) is 5.35. The summed E-state index contributed by atoms with van der Waals surface area (Å²) in [5.74, 6) is -0.788. The van der Waals surface area contributed by atoms with Crippen molar-refractivity contribution in [2.24, 2.45) is 0 Å². The number of hydrogen-bond donors (Lipinski definition) is 2. The van der Waals surface area contributed by atoms with Gasteiger partial charge in [0.05, 0.1) is 19.1 Å². The van der Waals surface area contributed by atoms with Crippen LogP contribution in [0.4, 0.5) is 5.69 Å². The zero-order valence-electron chi connectivity index (χ0n) is 12.4. The van der Waals surface area contributed by atoms with Gasteiger partial charge in [0.15, 0.2) is 5.78 Å². The molecule has 6 nitrogen and oxygen atoms in total. The van der Waals surface area contributed by atoms with E-state index in [1.807, 2.05) is 0 Å². The van der Waals surface area contributed by atoms with Gasteiger partial charge in [-0.05, 0) is 38.2 Å². The van der Waals surface area contributed by atoms with E-state index >= 15 is 0 Å². The zero-order chi connectivity index (χ0) is 15.8. The number of Topliss-reactive ketones (excluding diaryl/α,β-unsaturated/α-hetero) is 1. The van der Waals surface area contributed by atoms with Gasteiger partial charge in [0.2, 0.25) is 5.91 Å². The van der Waals surface area contributed by atoms with E-state index in [4.69, 9.17) is 4.74 Å². The summed E-state index contributed by atoms with van der Waals surface area (Å²) in [5, 5.41) is 5.44. The molecule has 1 rings (SSSR count). The Morgan fingerprint density at radius 2 is 1.81 bits per heavy atom. The Hall–Kier alpha value is -2.21. The molecular formula is C15H20N2O4. The number of likely N-dealkylation sites (N-methyl/N-ethyl adjacent to an activating group) is 1. The highest BCUT2D eigenvalue weighted by molar-refractivity contribution is 6.02. The molecule has 0 saturated carbocycles. The molecule has 1 aromatic rings. The summed E-state index contributed by atoms with van der Waals surface area (Å²) < 4.78 is 4.84. The van der Waals surface area contributed by atoms with E-state index in [1.54, 1.807) is 38.2 Å². The first-order valence-corrected chi connectivity index (χ1v) is 6.72. The first-order chi connectivity index (χ1) is 9.97. The Kier molecular flexibility index (Phi) is 6.55. The quantitative estimate of drug-likeness (QED) is 0.585. The molecule has 0 bridgehead atoms. The minimum atomic E-state index is -0.629. The normalized spacial score (nSPS) is 11.6. The van der Waals surface area contributed by atoms with Crippen LogP contribution < -0.4 is 10.6 Å². The van der Waals surface area contributed by atoms with Crippen LogP contribution in [0.2, 0.25) is 0 Å². The molecule has 21 heavy (non-hydrogen) atoms. The average Bonchev–Trinajstić information content (AvgIpc) is 2.44. The number of carbonyl (C=O) groups excluding carboxylic acids is 3. The van der Waals surface area contributed by atoms with Crippen LogP contribution in [-0.2, 0) is 14.3 Å². The van der Waals surface area contributed by atoms with Crippen LogP contribution in [0.1, 0.15) is 30.6 Å². The number of nitrogens with one attached hydrogen (secondary N) is 2. The van der Waals surface area contributed by atoms with E-state index in [0.29, 0.717) is 11.3 Å². The molecule has 6 heteroatoms. The molecule has 0 fully saturated rings. The third-order valence-electron chi connectivity index (χ3n) is 2.83. The van der Waals surface area contributed by atoms with Gasteiger partial charge >= 0.3 is 5.97 Å². The topological polar surface area (TPSA) is 84.5 Å². The molecule has 0 aliphatic heterocycles. The second kappa shape index (κ2) is 8.16. The fraction of sp³-hybridized carbons (Fsp3) is 0.400. The standard InChI is InChI=1S/C15H20N2O4/c1-4-21-14(19)9-13(16-3)15(20)11-5-7-12(8-6-11)17-10(2)18/h5-8,13,16H,4,9H2,1-3H3,(H,17,18). The highest BCUT2D eigenvalue weighted by atomic mass is 16.5. The number of ether oxygens (including phenoxy) is 1. The molecule has 1 atom stereocenters. The molecule has 0 aliphatic carbocycles. The fourth-order valence-corrected chi connectivity index (χ4v) is 1.83. The second-order valence-electron chi connectivity index (χ2n) is 4.47. The number of anilines is 1. The van der Waals surface area contributed by atoms with Crippen molar-refractivity contribution in [2.75, 3.05) is 19.0 Å². The van der Waals surface area contributed by atoms with Gasteiger partial charge in [-0.2, -0.15) is 0 Å². The lowest BCUT2D eigenvalue weighted by Crippen LogP contribution is -2.36. The van der Waals surface area contributed by atoms with Crippen molar-refractivity contribution >= 4 is 23.3 Å². The molecule has 1 unspecified atom stereocenters. The van der Waals surface area contributed by atoms with E-state index in [9.17, 15) is 14.4 Å². The first kappa shape index (κ1) is 16.8. The molecular weight excluding hydrogens is 272 g/mol. The second-order valence-corrected chi connectivity index (χ2v) is 4.47. The minimum absolute atomic E-state index is 0.0172. The molecule has 0 aliphatic rings. The van der Waals surface area contributed by atoms with Gasteiger partial charge in [-0.3, -0.25) is 14.4 Å². The molecule has 1 aromatic carbocycles. The average molecular weight is 292 g/mol. The van der Waals surface area contributed by atoms with Gasteiger partial charge in [0.1, 0.15) is 0 Å². The van der Waals surface area contributed by atoms with Crippen LogP contribution in [0, 0.1) is 0 Å². The Labute approximate surface area is 123 Å². The molecule has 0 saturated heterocycles. The summed E-state index contributed by atoms with van der Waals surface area (Å²) in [6, 6.07) is 5.89. The number of benzene rings is 1. The molecule has 0 heterocycles. The summed E-state index contributed by atoms with van der Waals surface area (Å²) in [6.07, 6.45) is -0.0172. The predicted octanol–water partition coefficient (Wildman–Crippen LogP) is 1.37. The molecule has 2 N–H and O–H groups in total. The minimum Gasteiger partial charge on any atom is -0.466 e. The Morgan fingerprint density at radius 1 is 1.19 bits per heavy atom. The van der Waals surface area contributed by atoms with Crippen molar-refractivity contribution in [2.45, 2.75) is 26.3 Å². The summed E-state index contributed by atoms with van der Waals surface area (Å²) in [4.78, 5) is 34.7.